The molecule has 0 spiro atoms. The van der Waals surface area contributed by atoms with E-state index in [0.29, 0.717) is 41.7 Å². The van der Waals surface area contributed by atoms with Gasteiger partial charge in [-0.15, -0.1) is 11.3 Å². The van der Waals surface area contributed by atoms with Gasteiger partial charge in [0.25, 0.3) is 5.56 Å². The van der Waals surface area contributed by atoms with E-state index in [1.165, 1.54) is 39.2 Å². The van der Waals surface area contributed by atoms with Gasteiger partial charge >= 0.3 is 5.69 Å². The van der Waals surface area contributed by atoms with E-state index in [9.17, 15) is 23.2 Å². The number of rotatable bonds is 13. The molecular formula is C36H34F2N6O3S. The molecule has 0 amide bonds. The first-order valence-corrected chi connectivity index (χ1v) is 16.4. The zero-order valence-corrected chi connectivity index (χ0v) is 27.4. The van der Waals surface area contributed by atoms with E-state index in [1.54, 1.807) is 0 Å². The molecule has 3 aromatic carbocycles. The average Bonchev–Trinajstić information content (AvgIpc) is 3.73. The van der Waals surface area contributed by atoms with Crippen molar-refractivity contribution in [2.45, 2.75) is 52.5 Å². The summed E-state index contributed by atoms with van der Waals surface area (Å²) in [4.78, 5) is 45.1. The van der Waals surface area contributed by atoms with E-state index in [2.05, 4.69) is 15.1 Å². The minimum Gasteiger partial charge on any atom is -0.299 e. The molecule has 0 fully saturated rings. The van der Waals surface area contributed by atoms with Gasteiger partial charge < -0.3 is 0 Å². The summed E-state index contributed by atoms with van der Waals surface area (Å²) in [5, 5.41) is 8.50. The molecule has 0 N–H and O–H groups in total. The fourth-order valence-electron chi connectivity index (χ4n) is 5.77. The Morgan fingerprint density at radius 1 is 0.812 bits per heavy atom. The molecule has 0 atom stereocenters. The lowest BCUT2D eigenvalue weighted by molar-refractivity contribution is -0.118. The predicted molar refractivity (Wildman–Crippen MR) is 182 cm³/mol. The number of aryl methyl sites for hydroxylation is 1. The van der Waals surface area contributed by atoms with E-state index < -0.39 is 29.4 Å². The topological polar surface area (TPSA) is 95.0 Å². The van der Waals surface area contributed by atoms with Crippen LogP contribution in [0.25, 0.3) is 20.7 Å². The standard InChI is InChI=1S/C36H34F2N6O3S/c1-3-27(45)20-24-12-14-26(15-13-24)33-29(22-41(2)21-25-8-5-4-6-9-25)32-34(46)42(18-19-44-39-16-17-40-44)36(47)43(35(32)48-33)23-28-30(37)10-7-11-31(28)38/h4-17H,3,18-23H2,1-2H3. The normalized spacial score (nSPS) is 11.5. The first-order valence-electron chi connectivity index (χ1n) is 15.6. The minimum atomic E-state index is -0.787. The van der Waals surface area contributed by atoms with Crippen LogP contribution in [-0.4, -0.2) is 41.9 Å². The molecule has 6 aromatic rings. The smallest absolute Gasteiger partial charge is 0.299 e. The number of ketones is 1. The van der Waals surface area contributed by atoms with Crippen LogP contribution in [0.5, 0.6) is 0 Å². The molecule has 0 saturated carbocycles. The van der Waals surface area contributed by atoms with Gasteiger partial charge in [-0.05, 0) is 41.4 Å². The van der Waals surface area contributed by atoms with Crippen LogP contribution < -0.4 is 11.2 Å². The molecule has 3 aromatic heterocycles. The van der Waals surface area contributed by atoms with Crippen molar-refractivity contribution in [2.75, 3.05) is 7.05 Å². The van der Waals surface area contributed by atoms with Gasteiger partial charge in [-0.2, -0.15) is 15.0 Å². The third-order valence-corrected chi connectivity index (χ3v) is 9.56. The van der Waals surface area contributed by atoms with E-state index in [0.717, 1.165) is 38.3 Å². The summed E-state index contributed by atoms with van der Waals surface area (Å²) < 4.78 is 32.4. The molecule has 0 aliphatic rings. The van der Waals surface area contributed by atoms with Crippen molar-refractivity contribution >= 4 is 27.3 Å². The van der Waals surface area contributed by atoms with E-state index in [-0.39, 0.29) is 24.4 Å². The summed E-state index contributed by atoms with van der Waals surface area (Å²) in [7, 11) is 1.95. The summed E-state index contributed by atoms with van der Waals surface area (Å²) in [6.45, 7) is 2.45. The maximum Gasteiger partial charge on any atom is 0.332 e. The van der Waals surface area contributed by atoms with Crippen molar-refractivity contribution in [1.29, 1.82) is 0 Å². The highest BCUT2D eigenvalue weighted by atomic mass is 32.1. The van der Waals surface area contributed by atoms with E-state index in [1.807, 2.05) is 68.6 Å². The molecular weight excluding hydrogens is 634 g/mol. The number of halogens is 2. The van der Waals surface area contributed by atoms with Crippen LogP contribution in [0.2, 0.25) is 0 Å². The van der Waals surface area contributed by atoms with Gasteiger partial charge in [-0.25, -0.2) is 13.6 Å². The zero-order valence-electron chi connectivity index (χ0n) is 26.6. The number of fused-ring (bicyclic) bond motifs is 1. The number of hydrogen-bond donors (Lipinski definition) is 0. The second kappa shape index (κ2) is 14.4. The number of thiophene rings is 1. The maximum atomic E-state index is 15.0. The predicted octanol–water partition coefficient (Wildman–Crippen LogP) is 5.66. The molecule has 12 heteroatoms. The molecule has 48 heavy (non-hydrogen) atoms. The van der Waals surface area contributed by atoms with E-state index in [4.69, 9.17) is 0 Å². The minimum absolute atomic E-state index is 0.0489. The molecule has 0 radical (unpaired) electrons. The van der Waals surface area contributed by atoms with Gasteiger partial charge in [0.15, 0.2) is 0 Å². The van der Waals surface area contributed by atoms with Gasteiger partial charge in [0.1, 0.15) is 22.2 Å². The Hall–Kier alpha value is -5.07. The Balaban J connectivity index is 1.55. The number of carbonyl (C=O) groups excluding carboxylic acids is 1. The summed E-state index contributed by atoms with van der Waals surface area (Å²) >= 11 is 1.24. The van der Waals surface area contributed by atoms with Crippen LogP contribution in [0.4, 0.5) is 8.78 Å². The molecule has 0 saturated heterocycles. The SMILES string of the molecule is CCC(=O)Cc1ccc(-c2sc3c(c2CN(C)Cc2ccccc2)c(=O)n(CCn2nccn2)c(=O)n3Cc2c(F)cccc2F)cc1. The second-order valence-corrected chi connectivity index (χ2v) is 12.7. The van der Waals surface area contributed by atoms with Crippen molar-refractivity contribution in [1.82, 2.24) is 29.0 Å². The molecule has 0 bridgehead atoms. The average molecular weight is 669 g/mol. The van der Waals surface area contributed by atoms with Crippen LogP contribution in [-0.2, 0) is 43.9 Å². The van der Waals surface area contributed by atoms with E-state index >= 15 is 0 Å². The Morgan fingerprint density at radius 3 is 2.17 bits per heavy atom. The van der Waals surface area contributed by atoms with Gasteiger partial charge in [0.05, 0.1) is 37.4 Å². The molecule has 6 rings (SSSR count). The molecule has 3 heterocycles. The number of aromatic nitrogens is 5. The maximum absolute atomic E-state index is 15.0. The van der Waals surface area contributed by atoms with Gasteiger partial charge in [-0.1, -0.05) is 67.6 Å². The third kappa shape index (κ3) is 6.95. The lowest BCUT2D eigenvalue weighted by Crippen LogP contribution is -2.41. The highest BCUT2D eigenvalue weighted by Gasteiger charge is 2.25. The molecule has 0 aliphatic carbocycles. The van der Waals surface area contributed by atoms with Crippen LogP contribution in [0, 0.1) is 11.6 Å². The Morgan fingerprint density at radius 2 is 1.50 bits per heavy atom. The van der Waals surface area contributed by atoms with Crippen molar-refractivity contribution in [3.05, 3.63) is 140 Å². The number of nitrogens with zero attached hydrogens (tertiary/aromatic N) is 6. The van der Waals surface area contributed by atoms with Crippen LogP contribution in [0.15, 0.2) is 94.8 Å². The molecule has 246 valence electrons. The highest BCUT2D eigenvalue weighted by molar-refractivity contribution is 7.22. The van der Waals surface area contributed by atoms with Crippen molar-refractivity contribution in [3.63, 3.8) is 0 Å². The Bertz CT molecular complexity index is 2150. The lowest BCUT2D eigenvalue weighted by atomic mass is 10.0. The lowest BCUT2D eigenvalue weighted by Gasteiger charge is -2.18. The van der Waals surface area contributed by atoms with Crippen molar-refractivity contribution in [2.24, 2.45) is 0 Å². The largest absolute Gasteiger partial charge is 0.332 e. The van der Waals surface area contributed by atoms with Crippen LogP contribution in [0.1, 0.15) is 35.6 Å². The van der Waals surface area contributed by atoms with Crippen LogP contribution >= 0.6 is 11.3 Å². The number of carbonyl (C=O) groups is 1. The summed E-state index contributed by atoms with van der Waals surface area (Å²) in [6.07, 6.45) is 3.76. The summed E-state index contributed by atoms with van der Waals surface area (Å²) in [5.41, 5.74) is 2.00. The van der Waals surface area contributed by atoms with Crippen molar-refractivity contribution < 1.29 is 13.6 Å². The van der Waals surface area contributed by atoms with Gasteiger partial charge in [-0.3, -0.25) is 23.6 Å². The third-order valence-electron chi connectivity index (χ3n) is 8.26. The molecule has 0 aliphatic heterocycles. The Labute approximate surface area is 279 Å². The van der Waals surface area contributed by atoms with Gasteiger partial charge in [0, 0.05) is 36.4 Å². The highest BCUT2D eigenvalue weighted by Crippen LogP contribution is 2.38. The summed E-state index contributed by atoms with van der Waals surface area (Å²) in [6, 6.07) is 21.1. The fraction of sp³-hybridized carbons (Fsp3) is 0.250. The number of benzene rings is 3. The van der Waals surface area contributed by atoms with Gasteiger partial charge in [0.2, 0.25) is 0 Å². The number of Topliss-reactive ketones (excluding diaryl/α,β-unsaturated/α-hetero) is 1. The molecule has 0 unspecified atom stereocenters. The summed E-state index contributed by atoms with van der Waals surface area (Å²) in [5.74, 6) is -1.45. The second-order valence-electron chi connectivity index (χ2n) is 11.7. The number of hydrogen-bond acceptors (Lipinski definition) is 7. The Kier molecular flexibility index (Phi) is 9.83. The van der Waals surface area contributed by atoms with Crippen LogP contribution in [0.3, 0.4) is 0 Å². The van der Waals surface area contributed by atoms with Crippen molar-refractivity contribution in [3.8, 4) is 10.4 Å². The quantitative estimate of drug-likeness (QED) is 0.158. The fourth-order valence-corrected chi connectivity index (χ4v) is 7.08. The first-order chi connectivity index (χ1) is 23.2. The first kappa shape index (κ1) is 32.9. The molecule has 9 nitrogen and oxygen atoms in total. The zero-order chi connectivity index (χ0) is 33.8. The monoisotopic (exact) mass is 668 g/mol.